The molecular weight excluding hydrogens is 312 g/mol. The summed E-state index contributed by atoms with van der Waals surface area (Å²) in [5, 5.41) is 3.72. The molecule has 4 rings (SSSR count). The van der Waals surface area contributed by atoms with Gasteiger partial charge in [0.15, 0.2) is 5.96 Å². The number of fused-ring (bicyclic) bond motifs is 5. The number of aliphatic imine (C=N–C) groups is 1. The van der Waals surface area contributed by atoms with E-state index < -0.39 is 0 Å². The molecule has 1 saturated carbocycles. The molecular formula is C20H36N4O. The van der Waals surface area contributed by atoms with Crippen molar-refractivity contribution in [2.24, 2.45) is 22.7 Å². The second kappa shape index (κ2) is 7.43. The molecule has 0 aromatic carbocycles. The van der Waals surface area contributed by atoms with Crippen LogP contribution < -0.4 is 5.32 Å². The number of hydrogen-bond acceptors (Lipinski definition) is 3. The minimum atomic E-state index is 0.523. The van der Waals surface area contributed by atoms with Gasteiger partial charge in [-0.2, -0.15) is 0 Å². The van der Waals surface area contributed by atoms with Gasteiger partial charge in [-0.1, -0.05) is 19.3 Å². The lowest BCUT2D eigenvalue weighted by Crippen LogP contribution is -2.49. The van der Waals surface area contributed by atoms with E-state index in [2.05, 4.69) is 34.2 Å². The van der Waals surface area contributed by atoms with Crippen LogP contribution in [-0.2, 0) is 4.74 Å². The molecule has 2 bridgehead atoms. The Morgan fingerprint density at radius 3 is 2.28 bits per heavy atom. The molecule has 1 N–H and O–H groups in total. The van der Waals surface area contributed by atoms with E-state index in [1.165, 1.54) is 44.9 Å². The van der Waals surface area contributed by atoms with Gasteiger partial charge in [0.2, 0.25) is 0 Å². The van der Waals surface area contributed by atoms with Gasteiger partial charge in [-0.25, -0.2) is 0 Å². The summed E-state index contributed by atoms with van der Waals surface area (Å²) in [6.45, 7) is 3.27. The van der Waals surface area contributed by atoms with Gasteiger partial charge in [0.1, 0.15) is 0 Å². The smallest absolute Gasteiger partial charge is 0.193 e. The first kappa shape index (κ1) is 17.6. The van der Waals surface area contributed by atoms with E-state index in [9.17, 15) is 0 Å². The Balaban J connectivity index is 1.34. The molecule has 0 aromatic rings. The van der Waals surface area contributed by atoms with E-state index >= 15 is 0 Å². The van der Waals surface area contributed by atoms with Crippen LogP contribution in [0.1, 0.15) is 44.9 Å². The Kier molecular flexibility index (Phi) is 5.23. The van der Waals surface area contributed by atoms with E-state index in [1.54, 1.807) is 0 Å². The molecule has 5 unspecified atom stereocenters. The van der Waals surface area contributed by atoms with E-state index in [4.69, 9.17) is 4.74 Å². The molecule has 0 spiro atoms. The number of nitrogens with zero attached hydrogens (tertiary/aromatic N) is 3. The highest BCUT2D eigenvalue weighted by Gasteiger charge is 2.53. The van der Waals surface area contributed by atoms with E-state index in [1.807, 2.05) is 7.05 Å². The molecule has 4 fully saturated rings. The van der Waals surface area contributed by atoms with Crippen LogP contribution in [0.2, 0.25) is 0 Å². The van der Waals surface area contributed by atoms with Gasteiger partial charge in [-0.15, -0.1) is 0 Å². The maximum atomic E-state index is 6.12. The van der Waals surface area contributed by atoms with Crippen LogP contribution >= 0.6 is 0 Å². The maximum absolute atomic E-state index is 6.12. The van der Waals surface area contributed by atoms with Crippen LogP contribution in [0.15, 0.2) is 4.99 Å². The zero-order chi connectivity index (χ0) is 17.4. The summed E-state index contributed by atoms with van der Waals surface area (Å²) in [6, 6.07) is 0.610. The summed E-state index contributed by atoms with van der Waals surface area (Å²) < 4.78 is 6.12. The first-order valence-corrected chi connectivity index (χ1v) is 10.4. The lowest BCUT2D eigenvalue weighted by molar-refractivity contribution is 0.0766. The van der Waals surface area contributed by atoms with E-state index in [0.717, 1.165) is 43.3 Å². The van der Waals surface area contributed by atoms with Crippen molar-refractivity contribution in [3.05, 3.63) is 0 Å². The van der Waals surface area contributed by atoms with Crippen molar-refractivity contribution < 1.29 is 4.74 Å². The Hall–Kier alpha value is -0.810. The summed E-state index contributed by atoms with van der Waals surface area (Å²) in [5.41, 5.74) is 0. The summed E-state index contributed by atoms with van der Waals surface area (Å²) in [5.74, 6) is 3.41. The number of guanidine groups is 1. The summed E-state index contributed by atoms with van der Waals surface area (Å²) in [6.07, 6.45) is 10.6. The van der Waals surface area contributed by atoms with Crippen molar-refractivity contribution in [2.75, 3.05) is 40.8 Å². The van der Waals surface area contributed by atoms with Crippen LogP contribution in [0.25, 0.3) is 0 Å². The molecule has 5 heteroatoms. The standard InChI is InChI=1S/C20H36N4O/c1-21-20(22-11-17(23(2)3)14-7-5-4-6-8-14)24-12-15-16(13-24)19-10-9-18(15)25-19/h14-19H,4-13H2,1-3H3,(H,21,22). The largest absolute Gasteiger partial charge is 0.374 e. The van der Waals surface area contributed by atoms with Gasteiger partial charge < -0.3 is 19.9 Å². The first-order valence-electron chi connectivity index (χ1n) is 10.4. The maximum Gasteiger partial charge on any atom is 0.193 e. The predicted molar refractivity (Wildman–Crippen MR) is 102 cm³/mol. The quantitative estimate of drug-likeness (QED) is 0.624. The van der Waals surface area contributed by atoms with Crippen molar-refractivity contribution in [1.29, 1.82) is 0 Å². The fraction of sp³-hybridized carbons (Fsp3) is 0.950. The van der Waals surface area contributed by atoms with Gasteiger partial charge in [0, 0.05) is 44.6 Å². The zero-order valence-corrected chi connectivity index (χ0v) is 16.3. The van der Waals surface area contributed by atoms with Gasteiger partial charge in [-0.3, -0.25) is 4.99 Å². The average Bonchev–Trinajstić information content (AvgIpc) is 3.32. The van der Waals surface area contributed by atoms with E-state index in [-0.39, 0.29) is 0 Å². The number of ether oxygens (including phenoxy) is 1. The fourth-order valence-corrected chi connectivity index (χ4v) is 5.95. The second-order valence-corrected chi connectivity index (χ2v) is 8.88. The Morgan fingerprint density at radius 2 is 1.72 bits per heavy atom. The zero-order valence-electron chi connectivity index (χ0n) is 16.3. The lowest BCUT2D eigenvalue weighted by Gasteiger charge is -2.36. The lowest BCUT2D eigenvalue weighted by atomic mass is 9.82. The molecule has 0 aromatic heterocycles. The van der Waals surface area contributed by atoms with E-state index in [0.29, 0.717) is 18.2 Å². The molecule has 5 nitrogen and oxygen atoms in total. The third kappa shape index (κ3) is 3.42. The second-order valence-electron chi connectivity index (χ2n) is 8.88. The highest BCUT2D eigenvalue weighted by Crippen LogP contribution is 2.47. The monoisotopic (exact) mass is 348 g/mol. The van der Waals surface area contributed by atoms with Crippen molar-refractivity contribution in [3.8, 4) is 0 Å². The number of likely N-dealkylation sites (tertiary alicyclic amines) is 1. The number of likely N-dealkylation sites (N-methyl/N-ethyl adjacent to an activating group) is 1. The van der Waals surface area contributed by atoms with Crippen LogP contribution in [0.5, 0.6) is 0 Å². The Morgan fingerprint density at radius 1 is 1.08 bits per heavy atom. The van der Waals surface area contributed by atoms with Crippen molar-refractivity contribution in [1.82, 2.24) is 15.1 Å². The third-order valence-electron chi connectivity index (χ3n) is 7.29. The number of hydrogen-bond donors (Lipinski definition) is 1. The minimum absolute atomic E-state index is 0.523. The van der Waals surface area contributed by atoms with Crippen LogP contribution in [0, 0.1) is 17.8 Å². The summed E-state index contributed by atoms with van der Waals surface area (Å²) in [4.78, 5) is 9.53. The molecule has 4 aliphatic rings. The van der Waals surface area contributed by atoms with Gasteiger partial charge in [0.05, 0.1) is 12.2 Å². The summed E-state index contributed by atoms with van der Waals surface area (Å²) >= 11 is 0. The third-order valence-corrected chi connectivity index (χ3v) is 7.29. The van der Waals surface area contributed by atoms with Crippen LogP contribution in [0.4, 0.5) is 0 Å². The van der Waals surface area contributed by atoms with Gasteiger partial charge in [-0.05, 0) is 45.7 Å². The molecule has 25 heavy (non-hydrogen) atoms. The average molecular weight is 349 g/mol. The normalized spacial score (nSPS) is 37.0. The van der Waals surface area contributed by atoms with Crippen LogP contribution in [-0.4, -0.2) is 74.8 Å². The highest BCUT2D eigenvalue weighted by atomic mass is 16.5. The molecule has 3 aliphatic heterocycles. The minimum Gasteiger partial charge on any atom is -0.374 e. The van der Waals surface area contributed by atoms with Crippen molar-refractivity contribution in [3.63, 3.8) is 0 Å². The molecule has 0 radical (unpaired) electrons. The molecule has 3 heterocycles. The van der Waals surface area contributed by atoms with Crippen LogP contribution in [0.3, 0.4) is 0 Å². The molecule has 5 atom stereocenters. The Bertz CT molecular complexity index is 470. The SMILES string of the molecule is CN=C(NCC(C1CCCCC1)N(C)C)N1CC2C3CCC(O3)C2C1. The molecule has 3 saturated heterocycles. The molecule has 142 valence electrons. The number of nitrogens with one attached hydrogen (secondary N) is 1. The van der Waals surface area contributed by atoms with Crippen molar-refractivity contribution in [2.45, 2.75) is 63.2 Å². The molecule has 1 aliphatic carbocycles. The predicted octanol–water partition coefficient (Wildman–Crippen LogP) is 2.18. The summed E-state index contributed by atoms with van der Waals surface area (Å²) in [7, 11) is 6.41. The van der Waals surface area contributed by atoms with Gasteiger partial charge >= 0.3 is 0 Å². The number of rotatable bonds is 4. The Labute approximate surface area is 153 Å². The van der Waals surface area contributed by atoms with Gasteiger partial charge in [0.25, 0.3) is 0 Å². The molecule has 0 amide bonds. The van der Waals surface area contributed by atoms with Crippen molar-refractivity contribution >= 4 is 5.96 Å². The highest BCUT2D eigenvalue weighted by molar-refractivity contribution is 5.80. The first-order chi connectivity index (χ1) is 12.2. The fourth-order valence-electron chi connectivity index (χ4n) is 5.95. The topological polar surface area (TPSA) is 40.1 Å².